The maximum atomic E-state index is 6.41. The normalized spacial score (nSPS) is 17.5. The Balaban J connectivity index is 1.10. The smallest absolute Gasteiger partial charge is 0.321 e. The summed E-state index contributed by atoms with van der Waals surface area (Å²) < 4.78 is 12.3. The Morgan fingerprint density at radius 3 is 2.30 bits per heavy atom. The maximum absolute atomic E-state index is 6.41. The van der Waals surface area contributed by atoms with E-state index in [1.165, 1.54) is 21.9 Å². The molecule has 5 heteroatoms. The van der Waals surface area contributed by atoms with Gasteiger partial charge < -0.3 is 14.8 Å². The van der Waals surface area contributed by atoms with Gasteiger partial charge in [-0.2, -0.15) is 0 Å². The Bertz CT molecular complexity index is 1450. The lowest BCUT2D eigenvalue weighted by molar-refractivity contribution is 0.0105. The first-order chi connectivity index (χ1) is 18.3. The van der Waals surface area contributed by atoms with Crippen molar-refractivity contribution in [1.82, 2.24) is 15.3 Å². The van der Waals surface area contributed by atoms with Crippen LogP contribution < -0.4 is 10.1 Å². The molecule has 2 unspecified atom stereocenters. The molecule has 2 atom stereocenters. The summed E-state index contributed by atoms with van der Waals surface area (Å²) in [6.45, 7) is 2.34. The molecule has 4 aromatic carbocycles. The van der Waals surface area contributed by atoms with Crippen LogP contribution in [0.2, 0.25) is 0 Å². The predicted molar refractivity (Wildman–Crippen MR) is 147 cm³/mol. The first-order valence-corrected chi connectivity index (χ1v) is 12.8. The summed E-state index contributed by atoms with van der Waals surface area (Å²) >= 11 is 0. The SMILES string of the molecule is c1ccc(-c2ccc(Oc3ncc(C4CCNCC4OCc4ccc5ccccc5c4)cn3)cc2)cc1. The fourth-order valence-corrected chi connectivity index (χ4v) is 4.94. The van der Waals surface area contributed by atoms with Crippen molar-refractivity contribution in [3.05, 3.63) is 121 Å². The summed E-state index contributed by atoms with van der Waals surface area (Å²) in [6, 6.07) is 33.5. The molecule has 184 valence electrons. The molecule has 5 aromatic rings. The highest BCUT2D eigenvalue weighted by atomic mass is 16.5. The molecule has 1 aliphatic rings. The Kier molecular flexibility index (Phi) is 6.88. The van der Waals surface area contributed by atoms with E-state index in [4.69, 9.17) is 9.47 Å². The molecule has 0 spiro atoms. The molecule has 1 aliphatic heterocycles. The maximum Gasteiger partial charge on any atom is 0.321 e. The van der Waals surface area contributed by atoms with Gasteiger partial charge in [0.05, 0.1) is 12.7 Å². The van der Waals surface area contributed by atoms with E-state index in [1.54, 1.807) is 0 Å². The third-order valence-electron chi connectivity index (χ3n) is 6.95. The van der Waals surface area contributed by atoms with Crippen molar-refractivity contribution >= 4 is 10.8 Å². The fraction of sp³-hybridized carbons (Fsp3) is 0.188. The molecule has 2 heterocycles. The van der Waals surface area contributed by atoms with Crippen molar-refractivity contribution in [3.63, 3.8) is 0 Å². The van der Waals surface area contributed by atoms with Gasteiger partial charge in [-0.3, -0.25) is 0 Å². The largest absolute Gasteiger partial charge is 0.424 e. The second-order valence-corrected chi connectivity index (χ2v) is 9.42. The molecule has 0 saturated carbocycles. The number of hydrogen-bond acceptors (Lipinski definition) is 5. The molecule has 0 aliphatic carbocycles. The zero-order valence-corrected chi connectivity index (χ0v) is 20.6. The Morgan fingerprint density at radius 1 is 0.757 bits per heavy atom. The molecular formula is C32H29N3O2. The minimum Gasteiger partial charge on any atom is -0.424 e. The molecule has 1 saturated heterocycles. The van der Waals surface area contributed by atoms with Crippen LogP contribution in [0.25, 0.3) is 21.9 Å². The first-order valence-electron chi connectivity index (χ1n) is 12.8. The van der Waals surface area contributed by atoms with E-state index >= 15 is 0 Å². The lowest BCUT2D eigenvalue weighted by atomic mass is 9.89. The fourth-order valence-electron chi connectivity index (χ4n) is 4.94. The van der Waals surface area contributed by atoms with E-state index in [-0.39, 0.29) is 12.0 Å². The van der Waals surface area contributed by atoms with E-state index in [0.29, 0.717) is 18.4 Å². The second-order valence-electron chi connectivity index (χ2n) is 9.42. The average Bonchev–Trinajstić information content (AvgIpc) is 2.97. The minimum atomic E-state index is 0.0566. The van der Waals surface area contributed by atoms with Crippen molar-refractivity contribution in [1.29, 1.82) is 0 Å². The number of piperidine rings is 1. The summed E-state index contributed by atoms with van der Waals surface area (Å²) in [5.41, 5.74) is 4.58. The molecule has 0 bridgehead atoms. The van der Waals surface area contributed by atoms with Crippen LogP contribution in [-0.4, -0.2) is 29.2 Å². The summed E-state index contributed by atoms with van der Waals surface area (Å²) in [4.78, 5) is 9.01. The van der Waals surface area contributed by atoms with E-state index in [2.05, 4.69) is 69.9 Å². The number of benzene rings is 4. The third-order valence-corrected chi connectivity index (χ3v) is 6.95. The van der Waals surface area contributed by atoms with Gasteiger partial charge in [0.25, 0.3) is 0 Å². The van der Waals surface area contributed by atoms with E-state index in [1.807, 2.05) is 54.9 Å². The van der Waals surface area contributed by atoms with E-state index < -0.39 is 0 Å². The van der Waals surface area contributed by atoms with Crippen LogP contribution in [0.4, 0.5) is 0 Å². The molecule has 5 nitrogen and oxygen atoms in total. The Hall–Kier alpha value is -4.06. The number of aromatic nitrogens is 2. The van der Waals surface area contributed by atoms with Crippen LogP contribution in [0.3, 0.4) is 0 Å². The van der Waals surface area contributed by atoms with E-state index in [9.17, 15) is 0 Å². The van der Waals surface area contributed by atoms with Crippen LogP contribution in [0, 0.1) is 0 Å². The van der Waals surface area contributed by atoms with Crippen LogP contribution in [0.5, 0.6) is 11.8 Å². The highest BCUT2D eigenvalue weighted by molar-refractivity contribution is 5.82. The van der Waals surface area contributed by atoms with Gasteiger partial charge in [-0.05, 0) is 64.2 Å². The van der Waals surface area contributed by atoms with Crippen LogP contribution in [0.1, 0.15) is 23.5 Å². The Morgan fingerprint density at radius 2 is 1.49 bits per heavy atom. The number of rotatable bonds is 7. The number of hydrogen-bond donors (Lipinski definition) is 1. The van der Waals surface area contributed by atoms with Gasteiger partial charge in [0.1, 0.15) is 5.75 Å². The monoisotopic (exact) mass is 487 g/mol. The van der Waals surface area contributed by atoms with Crippen LogP contribution in [0.15, 0.2) is 109 Å². The molecule has 1 N–H and O–H groups in total. The average molecular weight is 488 g/mol. The lowest BCUT2D eigenvalue weighted by Crippen LogP contribution is -2.41. The summed E-state index contributed by atoms with van der Waals surface area (Å²) in [7, 11) is 0. The second kappa shape index (κ2) is 10.9. The molecule has 37 heavy (non-hydrogen) atoms. The highest BCUT2D eigenvalue weighted by Gasteiger charge is 2.28. The summed E-state index contributed by atoms with van der Waals surface area (Å²) in [6.07, 6.45) is 4.79. The third kappa shape index (κ3) is 5.53. The van der Waals surface area contributed by atoms with Gasteiger partial charge >= 0.3 is 6.01 Å². The molecule has 6 rings (SSSR count). The lowest BCUT2D eigenvalue weighted by Gasteiger charge is -2.32. The highest BCUT2D eigenvalue weighted by Crippen LogP contribution is 2.29. The standard InChI is InChI=1S/C32H29N3O2/c1-2-6-24(7-3-1)26-12-14-29(15-13-26)37-32-34-19-28(20-35-32)30-16-17-33-21-31(30)36-22-23-10-11-25-8-4-5-9-27(25)18-23/h1-15,18-20,30-31,33H,16-17,21-22H2. The Labute approximate surface area is 217 Å². The summed E-state index contributed by atoms with van der Waals surface area (Å²) in [5.74, 6) is 0.951. The molecule has 0 radical (unpaired) electrons. The van der Waals surface area contributed by atoms with Crippen LogP contribution >= 0.6 is 0 Å². The molecule has 1 aromatic heterocycles. The first kappa shape index (κ1) is 23.3. The van der Waals surface area contributed by atoms with E-state index in [0.717, 1.165) is 30.6 Å². The topological polar surface area (TPSA) is 56.3 Å². The van der Waals surface area contributed by atoms with Crippen molar-refractivity contribution in [2.75, 3.05) is 13.1 Å². The van der Waals surface area contributed by atoms with Gasteiger partial charge in [0.15, 0.2) is 0 Å². The van der Waals surface area contributed by atoms with Gasteiger partial charge in [-0.25, -0.2) is 9.97 Å². The number of ether oxygens (including phenoxy) is 2. The van der Waals surface area contributed by atoms with Crippen molar-refractivity contribution in [2.45, 2.75) is 25.0 Å². The van der Waals surface area contributed by atoms with Gasteiger partial charge in [0, 0.05) is 24.9 Å². The van der Waals surface area contributed by atoms with Gasteiger partial charge in [-0.1, -0.05) is 78.9 Å². The zero-order chi connectivity index (χ0) is 24.9. The van der Waals surface area contributed by atoms with Gasteiger partial charge in [-0.15, -0.1) is 0 Å². The van der Waals surface area contributed by atoms with Crippen LogP contribution in [-0.2, 0) is 11.3 Å². The molecule has 1 fully saturated rings. The molecule has 0 amide bonds. The quantitative estimate of drug-likeness (QED) is 0.275. The predicted octanol–water partition coefficient (Wildman–Crippen LogP) is 6.75. The molecular weight excluding hydrogens is 458 g/mol. The number of nitrogens with zero attached hydrogens (tertiary/aromatic N) is 2. The zero-order valence-electron chi connectivity index (χ0n) is 20.6. The minimum absolute atomic E-state index is 0.0566. The van der Waals surface area contributed by atoms with Crippen molar-refractivity contribution < 1.29 is 9.47 Å². The summed E-state index contributed by atoms with van der Waals surface area (Å²) in [5, 5.41) is 5.95. The number of nitrogens with one attached hydrogen (secondary N) is 1. The number of fused-ring (bicyclic) bond motifs is 1. The van der Waals surface area contributed by atoms with Gasteiger partial charge in [0.2, 0.25) is 0 Å². The van der Waals surface area contributed by atoms with Crippen molar-refractivity contribution in [3.8, 4) is 22.9 Å². The van der Waals surface area contributed by atoms with Crippen molar-refractivity contribution in [2.24, 2.45) is 0 Å².